The molecule has 1 aromatic carbocycles. The summed E-state index contributed by atoms with van der Waals surface area (Å²) in [4.78, 5) is 0. The predicted molar refractivity (Wildman–Crippen MR) is 59.5 cm³/mol. The summed E-state index contributed by atoms with van der Waals surface area (Å²) in [6, 6.07) is 7.80. The zero-order valence-corrected chi connectivity index (χ0v) is 9.05. The Balaban J connectivity index is 2.28. The van der Waals surface area contributed by atoms with E-state index in [1.54, 1.807) is 0 Å². The average molecular weight is 226 g/mol. The second kappa shape index (κ2) is 3.98. The summed E-state index contributed by atoms with van der Waals surface area (Å²) >= 11 is 7.57. The zero-order valence-electron chi connectivity index (χ0n) is 7.48. The molecule has 0 aliphatic heterocycles. The summed E-state index contributed by atoms with van der Waals surface area (Å²) in [6.45, 7) is 0.731. The Hall–Kier alpha value is -1.06. The zero-order chi connectivity index (χ0) is 9.97. The molecule has 2 N–H and O–H groups in total. The fourth-order valence-electron chi connectivity index (χ4n) is 1.26. The summed E-state index contributed by atoms with van der Waals surface area (Å²) in [7, 11) is 0. The van der Waals surface area contributed by atoms with E-state index in [1.807, 2.05) is 40.4 Å². The molecular weight excluding hydrogens is 216 g/mol. The van der Waals surface area contributed by atoms with Crippen molar-refractivity contribution in [3.05, 3.63) is 46.4 Å². The maximum absolute atomic E-state index is 6.04. The van der Waals surface area contributed by atoms with Crippen LogP contribution in [-0.4, -0.2) is 0 Å². The van der Waals surface area contributed by atoms with Crippen LogP contribution in [0.2, 0.25) is 5.02 Å². The van der Waals surface area contributed by atoms with Crippen LogP contribution in [0.1, 0.15) is 5.56 Å². The van der Waals surface area contributed by atoms with Crippen LogP contribution in [0, 0.1) is 0 Å². The summed E-state index contributed by atoms with van der Waals surface area (Å²) < 4.78 is 1.98. The molecule has 1 heterocycles. The minimum absolute atomic E-state index is 0.731. The molecule has 1 aromatic heterocycles. The molecule has 0 radical (unpaired) electrons. The molecule has 0 aliphatic rings. The number of rotatable bonds is 2. The third kappa shape index (κ3) is 1.89. The van der Waals surface area contributed by atoms with Crippen LogP contribution < -0.4 is 10.3 Å². The Bertz CT molecular complexity index is 439. The molecule has 2 nitrogen and oxygen atoms in total. The summed E-state index contributed by atoms with van der Waals surface area (Å²) in [5.74, 6) is 0. The first kappa shape index (κ1) is 9.49. The third-order valence-corrected chi connectivity index (χ3v) is 3.11. The lowest BCUT2D eigenvalue weighted by Crippen LogP contribution is -2.34. The first-order chi connectivity index (χ1) is 6.77. The summed E-state index contributed by atoms with van der Waals surface area (Å²) in [5, 5.41) is 3.54. The number of hydrogen-bond donors (Lipinski definition) is 1. The van der Waals surface area contributed by atoms with Gasteiger partial charge in [-0.3, -0.25) is 5.73 Å². The van der Waals surface area contributed by atoms with Gasteiger partial charge in [-0.2, -0.15) is 0 Å². The second-order valence-corrected chi connectivity index (χ2v) is 4.29. The van der Waals surface area contributed by atoms with E-state index in [1.165, 1.54) is 11.3 Å². The van der Waals surface area contributed by atoms with Gasteiger partial charge in [-0.1, -0.05) is 41.1 Å². The van der Waals surface area contributed by atoms with Gasteiger partial charge in [-0.25, -0.2) is 4.57 Å². The number of nitrogen functional groups attached to an aromatic ring is 1. The van der Waals surface area contributed by atoms with E-state index in [0.29, 0.717) is 0 Å². The number of halogens is 1. The van der Waals surface area contributed by atoms with Crippen LogP contribution in [-0.2, 0) is 6.54 Å². The van der Waals surface area contributed by atoms with Crippen molar-refractivity contribution in [2.75, 3.05) is 5.73 Å². The van der Waals surface area contributed by atoms with Gasteiger partial charge in [-0.15, -0.1) is 0 Å². The van der Waals surface area contributed by atoms with Gasteiger partial charge in [0.25, 0.3) is 0 Å². The molecule has 14 heavy (non-hydrogen) atoms. The summed E-state index contributed by atoms with van der Waals surface area (Å²) in [6.07, 6.45) is 1.96. The Labute approximate surface area is 91.6 Å². The van der Waals surface area contributed by atoms with Crippen molar-refractivity contribution in [3.8, 4) is 0 Å². The van der Waals surface area contributed by atoms with Gasteiger partial charge in [0, 0.05) is 16.0 Å². The van der Waals surface area contributed by atoms with Gasteiger partial charge < -0.3 is 0 Å². The lowest BCUT2D eigenvalue weighted by molar-refractivity contribution is -0.669. The minimum atomic E-state index is 0.731. The molecule has 4 heteroatoms. The van der Waals surface area contributed by atoms with Gasteiger partial charge in [0.1, 0.15) is 12.7 Å². The van der Waals surface area contributed by atoms with Gasteiger partial charge in [0.15, 0.2) is 0 Å². The highest BCUT2D eigenvalue weighted by atomic mass is 35.5. The predicted octanol–water partition coefficient (Wildman–Crippen LogP) is 2.32. The molecule has 2 rings (SSSR count). The molecule has 0 atom stereocenters. The molecule has 2 aromatic rings. The lowest BCUT2D eigenvalue weighted by atomic mass is 10.2. The summed E-state index contributed by atoms with van der Waals surface area (Å²) in [5.41, 5.74) is 6.86. The number of thiazole rings is 1. The van der Waals surface area contributed by atoms with Crippen molar-refractivity contribution >= 4 is 28.1 Å². The van der Waals surface area contributed by atoms with Crippen LogP contribution in [0.5, 0.6) is 0 Å². The maximum atomic E-state index is 6.04. The molecule has 0 amide bonds. The SMILES string of the molecule is Nc1scc[n+]1Cc1ccccc1Cl. The van der Waals surface area contributed by atoms with E-state index in [4.69, 9.17) is 17.3 Å². The molecular formula is C10H10ClN2S+. The number of hydrogen-bond acceptors (Lipinski definition) is 2. The van der Waals surface area contributed by atoms with E-state index in [-0.39, 0.29) is 0 Å². The van der Waals surface area contributed by atoms with E-state index >= 15 is 0 Å². The molecule has 0 spiro atoms. The highest BCUT2D eigenvalue weighted by Gasteiger charge is 2.07. The highest BCUT2D eigenvalue weighted by molar-refractivity contribution is 7.12. The fourth-order valence-corrected chi connectivity index (χ4v) is 2.06. The van der Waals surface area contributed by atoms with Gasteiger partial charge in [-0.05, 0) is 6.07 Å². The van der Waals surface area contributed by atoms with E-state index in [0.717, 1.165) is 22.3 Å². The Morgan fingerprint density at radius 3 is 2.79 bits per heavy atom. The van der Waals surface area contributed by atoms with Crippen LogP contribution >= 0.6 is 22.9 Å². The monoisotopic (exact) mass is 225 g/mol. The number of anilines is 1. The van der Waals surface area contributed by atoms with Crippen LogP contribution in [0.25, 0.3) is 0 Å². The standard InChI is InChI=1S/C10H9ClN2S/c11-9-4-2-1-3-8(9)7-13-5-6-14-10(13)12/h1-6,12H,7H2/p+1. The van der Waals surface area contributed by atoms with Crippen molar-refractivity contribution in [3.63, 3.8) is 0 Å². The van der Waals surface area contributed by atoms with Gasteiger partial charge in [0.05, 0.1) is 0 Å². The van der Waals surface area contributed by atoms with Crippen molar-refractivity contribution in [1.29, 1.82) is 0 Å². The number of benzene rings is 1. The largest absolute Gasteiger partial charge is 0.331 e. The fraction of sp³-hybridized carbons (Fsp3) is 0.100. The molecule has 0 unspecified atom stereocenters. The third-order valence-electron chi connectivity index (χ3n) is 2.01. The molecule has 0 fully saturated rings. The number of nitrogens with two attached hydrogens (primary N) is 1. The molecule has 0 bridgehead atoms. The van der Waals surface area contributed by atoms with Gasteiger partial charge >= 0.3 is 5.13 Å². The first-order valence-electron chi connectivity index (χ1n) is 4.23. The van der Waals surface area contributed by atoms with Crippen LogP contribution in [0.15, 0.2) is 35.8 Å². The maximum Gasteiger partial charge on any atom is 0.331 e. The second-order valence-electron chi connectivity index (χ2n) is 2.96. The van der Waals surface area contributed by atoms with Crippen LogP contribution in [0.4, 0.5) is 5.13 Å². The first-order valence-corrected chi connectivity index (χ1v) is 5.49. The minimum Gasteiger partial charge on any atom is -0.278 e. The van der Waals surface area contributed by atoms with Gasteiger partial charge in [0.2, 0.25) is 0 Å². The topological polar surface area (TPSA) is 29.9 Å². The van der Waals surface area contributed by atoms with E-state index in [2.05, 4.69) is 0 Å². The molecule has 0 aliphatic carbocycles. The van der Waals surface area contributed by atoms with E-state index in [9.17, 15) is 0 Å². The molecule has 0 saturated carbocycles. The lowest BCUT2D eigenvalue weighted by Gasteiger charge is -2.01. The molecule has 72 valence electrons. The van der Waals surface area contributed by atoms with Crippen LogP contribution in [0.3, 0.4) is 0 Å². The number of aromatic nitrogens is 1. The van der Waals surface area contributed by atoms with Crippen molar-refractivity contribution < 1.29 is 4.57 Å². The Morgan fingerprint density at radius 2 is 2.14 bits per heavy atom. The van der Waals surface area contributed by atoms with E-state index < -0.39 is 0 Å². The smallest absolute Gasteiger partial charge is 0.278 e. The quantitative estimate of drug-likeness (QED) is 0.782. The normalized spacial score (nSPS) is 10.4. The highest BCUT2D eigenvalue weighted by Crippen LogP contribution is 2.15. The van der Waals surface area contributed by atoms with Crippen molar-refractivity contribution in [2.24, 2.45) is 0 Å². The number of nitrogens with zero attached hydrogens (tertiary/aromatic N) is 1. The Morgan fingerprint density at radius 1 is 1.36 bits per heavy atom. The van der Waals surface area contributed by atoms with Crippen molar-refractivity contribution in [2.45, 2.75) is 6.54 Å². The van der Waals surface area contributed by atoms with Crippen molar-refractivity contribution in [1.82, 2.24) is 0 Å². The average Bonchev–Trinajstić information content (AvgIpc) is 2.56. The molecule has 0 saturated heterocycles. The Kier molecular flexibility index (Phi) is 2.70.